The number of methoxy groups -OCH3 is 3. The summed E-state index contributed by atoms with van der Waals surface area (Å²) in [6.07, 6.45) is 0. The summed E-state index contributed by atoms with van der Waals surface area (Å²) in [4.78, 5) is 29.8. The zero-order valence-corrected chi connectivity index (χ0v) is 19.5. The number of aliphatic hydroxyl groups is 1. The smallest absolute Gasteiger partial charge is 0.290 e. The fraction of sp³-hybridized carbons (Fsp3) is 0.565. The van der Waals surface area contributed by atoms with Gasteiger partial charge in [-0.25, -0.2) is 0 Å². The van der Waals surface area contributed by atoms with Crippen LogP contribution in [-0.4, -0.2) is 74.1 Å². The minimum absolute atomic E-state index is 0.105. The summed E-state index contributed by atoms with van der Waals surface area (Å²) in [6.45, 7) is 10.3. The summed E-state index contributed by atoms with van der Waals surface area (Å²) < 4.78 is 16.3. The average molecular weight is 435 g/mol. The summed E-state index contributed by atoms with van der Waals surface area (Å²) >= 11 is 0. The Kier molecular flexibility index (Phi) is 8.33. The molecule has 1 aliphatic rings. The van der Waals surface area contributed by atoms with E-state index in [0.29, 0.717) is 35.9 Å². The van der Waals surface area contributed by atoms with E-state index in [2.05, 4.69) is 18.7 Å². The maximum Gasteiger partial charge on any atom is 0.290 e. The Morgan fingerprint density at radius 2 is 1.65 bits per heavy atom. The molecule has 1 unspecified atom stereocenters. The van der Waals surface area contributed by atoms with Crippen LogP contribution in [0.15, 0.2) is 23.5 Å². The van der Waals surface area contributed by atoms with Gasteiger partial charge in [-0.2, -0.15) is 0 Å². The van der Waals surface area contributed by atoms with Crippen LogP contribution in [0.5, 0.6) is 17.2 Å². The number of hydrogen-bond donors (Lipinski definition) is 1. The molecule has 1 aromatic rings. The van der Waals surface area contributed by atoms with Crippen LogP contribution in [0.4, 0.5) is 0 Å². The lowest BCUT2D eigenvalue weighted by atomic mass is 9.91. The van der Waals surface area contributed by atoms with Crippen LogP contribution in [0.2, 0.25) is 0 Å². The van der Waals surface area contributed by atoms with Gasteiger partial charge in [0, 0.05) is 19.0 Å². The first-order valence-electron chi connectivity index (χ1n) is 10.6. The van der Waals surface area contributed by atoms with Crippen molar-refractivity contribution in [3.8, 4) is 17.2 Å². The zero-order valence-electron chi connectivity index (χ0n) is 19.5. The van der Waals surface area contributed by atoms with Gasteiger partial charge in [0.25, 0.3) is 5.91 Å². The molecule has 0 bridgehead atoms. The third-order valence-electron chi connectivity index (χ3n) is 5.65. The van der Waals surface area contributed by atoms with E-state index in [0.717, 1.165) is 13.1 Å². The molecular formula is C23H34N2O6. The second kappa shape index (κ2) is 10.5. The van der Waals surface area contributed by atoms with Crippen molar-refractivity contribution in [2.45, 2.75) is 33.7 Å². The lowest BCUT2D eigenvalue weighted by molar-refractivity contribution is -0.129. The van der Waals surface area contributed by atoms with Crippen LogP contribution < -0.4 is 14.2 Å². The SMILES string of the molecule is CCN(CC)CCN1C(=O)C(O)=C(C(=O)C(C)C)C1c1cc(OC)c(OC)c(OC)c1. The zero-order chi connectivity index (χ0) is 23.3. The van der Waals surface area contributed by atoms with Gasteiger partial charge >= 0.3 is 0 Å². The molecule has 0 radical (unpaired) electrons. The Balaban J connectivity index is 2.62. The van der Waals surface area contributed by atoms with Crippen molar-refractivity contribution < 1.29 is 28.9 Å². The van der Waals surface area contributed by atoms with Crippen molar-refractivity contribution in [2.24, 2.45) is 5.92 Å². The first kappa shape index (κ1) is 24.5. The van der Waals surface area contributed by atoms with E-state index in [1.807, 2.05) is 0 Å². The fourth-order valence-corrected chi connectivity index (χ4v) is 3.84. The van der Waals surface area contributed by atoms with Gasteiger partial charge in [0.15, 0.2) is 23.0 Å². The maximum atomic E-state index is 13.0. The van der Waals surface area contributed by atoms with Crippen molar-refractivity contribution in [3.05, 3.63) is 29.0 Å². The van der Waals surface area contributed by atoms with Crippen LogP contribution >= 0.6 is 0 Å². The van der Waals surface area contributed by atoms with Crippen LogP contribution in [0.3, 0.4) is 0 Å². The number of benzene rings is 1. The minimum atomic E-state index is -0.744. The molecule has 1 aliphatic heterocycles. The van der Waals surface area contributed by atoms with Crippen molar-refractivity contribution in [1.29, 1.82) is 0 Å². The summed E-state index contributed by atoms with van der Waals surface area (Å²) in [5.41, 5.74) is 0.712. The molecule has 1 amide bonds. The van der Waals surface area contributed by atoms with E-state index in [1.165, 1.54) is 21.3 Å². The number of carbonyl (C=O) groups is 2. The second-order valence-electron chi connectivity index (χ2n) is 7.67. The Morgan fingerprint density at radius 3 is 2.06 bits per heavy atom. The number of hydrogen-bond acceptors (Lipinski definition) is 7. The number of carbonyl (C=O) groups excluding carboxylic acids is 2. The number of nitrogens with zero attached hydrogens (tertiary/aromatic N) is 2. The van der Waals surface area contributed by atoms with Crippen molar-refractivity contribution >= 4 is 11.7 Å². The van der Waals surface area contributed by atoms with E-state index in [9.17, 15) is 14.7 Å². The number of Topliss-reactive ketones (excluding diaryl/α,β-unsaturated/α-hetero) is 1. The molecule has 0 spiro atoms. The monoisotopic (exact) mass is 434 g/mol. The predicted octanol–water partition coefficient (Wildman–Crippen LogP) is 2.97. The summed E-state index contributed by atoms with van der Waals surface area (Å²) in [5, 5.41) is 10.7. The molecule has 1 aromatic carbocycles. The second-order valence-corrected chi connectivity index (χ2v) is 7.67. The number of ketones is 1. The first-order valence-corrected chi connectivity index (χ1v) is 10.6. The highest BCUT2D eigenvalue weighted by molar-refractivity contribution is 6.09. The quantitative estimate of drug-likeness (QED) is 0.573. The molecule has 2 rings (SSSR count). The number of rotatable bonds is 11. The van der Waals surface area contributed by atoms with Gasteiger partial charge < -0.3 is 29.1 Å². The first-order chi connectivity index (χ1) is 14.7. The molecular weight excluding hydrogens is 400 g/mol. The van der Waals surface area contributed by atoms with E-state index >= 15 is 0 Å². The van der Waals surface area contributed by atoms with Gasteiger partial charge in [0.05, 0.1) is 32.9 Å². The van der Waals surface area contributed by atoms with Crippen LogP contribution in [0.25, 0.3) is 0 Å². The Labute approximate surface area is 184 Å². The van der Waals surface area contributed by atoms with Gasteiger partial charge in [-0.05, 0) is 30.8 Å². The molecule has 0 saturated carbocycles. The normalized spacial score (nSPS) is 16.5. The molecule has 8 nitrogen and oxygen atoms in total. The fourth-order valence-electron chi connectivity index (χ4n) is 3.84. The van der Waals surface area contributed by atoms with E-state index in [1.54, 1.807) is 30.9 Å². The molecule has 1 N–H and O–H groups in total. The van der Waals surface area contributed by atoms with Crippen molar-refractivity contribution in [1.82, 2.24) is 9.80 Å². The van der Waals surface area contributed by atoms with Gasteiger partial charge in [-0.15, -0.1) is 0 Å². The topological polar surface area (TPSA) is 88.5 Å². The Hall–Kier alpha value is -2.74. The molecule has 1 atom stereocenters. The van der Waals surface area contributed by atoms with Crippen molar-refractivity contribution in [3.63, 3.8) is 0 Å². The van der Waals surface area contributed by atoms with E-state index < -0.39 is 17.7 Å². The van der Waals surface area contributed by atoms with Crippen LogP contribution in [-0.2, 0) is 9.59 Å². The van der Waals surface area contributed by atoms with E-state index in [-0.39, 0.29) is 17.3 Å². The van der Waals surface area contributed by atoms with Crippen LogP contribution in [0, 0.1) is 5.92 Å². The number of aliphatic hydroxyl groups excluding tert-OH is 1. The Morgan fingerprint density at radius 1 is 1.10 bits per heavy atom. The molecule has 31 heavy (non-hydrogen) atoms. The van der Waals surface area contributed by atoms with Gasteiger partial charge in [-0.1, -0.05) is 27.7 Å². The highest BCUT2D eigenvalue weighted by atomic mass is 16.5. The lowest BCUT2D eigenvalue weighted by Gasteiger charge is -2.30. The summed E-state index contributed by atoms with van der Waals surface area (Å²) in [5.74, 6) is -0.441. The Bertz CT molecular complexity index is 819. The number of ether oxygens (including phenoxy) is 3. The predicted molar refractivity (Wildman–Crippen MR) is 118 cm³/mol. The lowest BCUT2D eigenvalue weighted by Crippen LogP contribution is -2.38. The largest absolute Gasteiger partial charge is 0.503 e. The molecule has 0 fully saturated rings. The maximum absolute atomic E-state index is 13.0. The van der Waals surface area contributed by atoms with Crippen molar-refractivity contribution in [2.75, 3.05) is 47.5 Å². The summed E-state index contributed by atoms with van der Waals surface area (Å²) in [6, 6.07) is 2.69. The standard InChI is InChI=1S/C23H34N2O6/c1-8-24(9-2)10-11-25-19(18(20(26)14(3)4)21(27)23(25)28)15-12-16(29-5)22(31-7)17(13-15)30-6/h12-14,19,27H,8-11H2,1-7H3. The average Bonchev–Trinajstić information content (AvgIpc) is 3.02. The van der Waals surface area contributed by atoms with Gasteiger partial charge in [0.2, 0.25) is 5.75 Å². The molecule has 0 aromatic heterocycles. The minimum Gasteiger partial charge on any atom is -0.503 e. The molecule has 172 valence electrons. The number of likely N-dealkylation sites (N-methyl/N-ethyl adjacent to an activating group) is 1. The molecule has 0 saturated heterocycles. The third-order valence-corrected chi connectivity index (χ3v) is 5.65. The number of amides is 1. The van der Waals surface area contributed by atoms with Gasteiger partial charge in [0.1, 0.15) is 0 Å². The molecule has 0 aliphatic carbocycles. The van der Waals surface area contributed by atoms with Crippen LogP contribution in [0.1, 0.15) is 39.3 Å². The third kappa shape index (κ3) is 4.79. The highest BCUT2D eigenvalue weighted by Gasteiger charge is 2.44. The van der Waals surface area contributed by atoms with E-state index in [4.69, 9.17) is 14.2 Å². The summed E-state index contributed by atoms with van der Waals surface area (Å²) in [7, 11) is 4.52. The highest BCUT2D eigenvalue weighted by Crippen LogP contribution is 2.45. The molecule has 8 heteroatoms. The molecule has 1 heterocycles. The van der Waals surface area contributed by atoms with Gasteiger partial charge in [-0.3, -0.25) is 9.59 Å².